The van der Waals surface area contributed by atoms with Gasteiger partial charge >= 0.3 is 5.97 Å². The summed E-state index contributed by atoms with van der Waals surface area (Å²) in [6, 6.07) is 14.8. The molecule has 0 fully saturated rings. The van der Waals surface area contributed by atoms with Gasteiger partial charge in [-0.2, -0.15) is 0 Å². The number of carbonyl (C=O) groups excluding carboxylic acids is 1. The van der Waals surface area contributed by atoms with Crippen LogP contribution in [0.4, 0.5) is 0 Å². The largest absolute Gasteiger partial charge is 0.459 e. The molecule has 0 saturated carbocycles. The van der Waals surface area contributed by atoms with Crippen LogP contribution in [-0.4, -0.2) is 15.5 Å². The van der Waals surface area contributed by atoms with Gasteiger partial charge in [-0.15, -0.1) is 0 Å². The summed E-state index contributed by atoms with van der Waals surface area (Å²) in [6.07, 6.45) is 1.37. The Morgan fingerprint density at radius 2 is 1.87 bits per heavy atom. The highest BCUT2D eigenvalue weighted by molar-refractivity contribution is 5.77. The van der Waals surface area contributed by atoms with E-state index in [4.69, 9.17) is 4.74 Å². The SMILES string of the molecule is Cc1ccc(COC(=O)Cn2cnc3ccccc3c2=O)cc1. The van der Waals surface area contributed by atoms with E-state index in [1.165, 1.54) is 10.9 Å². The molecule has 0 aliphatic carbocycles. The third kappa shape index (κ3) is 3.45. The average Bonchev–Trinajstić information content (AvgIpc) is 2.57. The second-order valence-corrected chi connectivity index (χ2v) is 5.34. The minimum atomic E-state index is -0.468. The van der Waals surface area contributed by atoms with E-state index < -0.39 is 5.97 Å². The lowest BCUT2D eigenvalue weighted by molar-refractivity contribution is -0.145. The van der Waals surface area contributed by atoms with E-state index in [1.54, 1.807) is 18.2 Å². The molecule has 3 aromatic rings. The maximum Gasteiger partial charge on any atom is 0.326 e. The normalized spacial score (nSPS) is 10.7. The molecule has 0 N–H and O–H groups in total. The summed E-state index contributed by atoms with van der Waals surface area (Å²) in [5, 5.41) is 0.487. The number of hydrogen-bond donors (Lipinski definition) is 0. The molecule has 5 heteroatoms. The molecule has 0 unspecified atom stereocenters. The molecule has 1 aromatic heterocycles. The van der Waals surface area contributed by atoms with Gasteiger partial charge < -0.3 is 4.74 Å². The summed E-state index contributed by atoms with van der Waals surface area (Å²) in [7, 11) is 0. The Bertz CT molecular complexity index is 898. The maximum atomic E-state index is 12.3. The van der Waals surface area contributed by atoms with Crippen molar-refractivity contribution in [2.45, 2.75) is 20.1 Å². The Morgan fingerprint density at radius 3 is 2.65 bits per heavy atom. The first kappa shape index (κ1) is 15.0. The quantitative estimate of drug-likeness (QED) is 0.695. The van der Waals surface area contributed by atoms with Crippen LogP contribution in [0.1, 0.15) is 11.1 Å². The van der Waals surface area contributed by atoms with Crippen molar-refractivity contribution in [2.24, 2.45) is 0 Å². The fourth-order valence-corrected chi connectivity index (χ4v) is 2.25. The van der Waals surface area contributed by atoms with Crippen molar-refractivity contribution in [1.29, 1.82) is 0 Å². The van der Waals surface area contributed by atoms with Crippen LogP contribution in [0.5, 0.6) is 0 Å². The van der Waals surface area contributed by atoms with Gasteiger partial charge in [0.05, 0.1) is 17.2 Å². The second-order valence-electron chi connectivity index (χ2n) is 5.34. The number of aromatic nitrogens is 2. The number of hydrogen-bond acceptors (Lipinski definition) is 4. The molecule has 0 spiro atoms. The van der Waals surface area contributed by atoms with Gasteiger partial charge in [0.1, 0.15) is 13.2 Å². The van der Waals surface area contributed by atoms with Gasteiger partial charge in [-0.25, -0.2) is 4.98 Å². The third-order valence-corrected chi connectivity index (χ3v) is 3.55. The predicted molar refractivity (Wildman–Crippen MR) is 87.0 cm³/mol. The van der Waals surface area contributed by atoms with Crippen molar-refractivity contribution in [2.75, 3.05) is 0 Å². The summed E-state index contributed by atoms with van der Waals surface area (Å²) < 4.78 is 6.48. The molecule has 23 heavy (non-hydrogen) atoms. The first-order chi connectivity index (χ1) is 11.1. The van der Waals surface area contributed by atoms with Gasteiger partial charge in [0, 0.05) is 0 Å². The lowest BCUT2D eigenvalue weighted by atomic mass is 10.2. The highest BCUT2D eigenvalue weighted by atomic mass is 16.5. The van der Waals surface area contributed by atoms with Crippen LogP contribution >= 0.6 is 0 Å². The third-order valence-electron chi connectivity index (χ3n) is 3.55. The van der Waals surface area contributed by atoms with Crippen LogP contribution in [0, 0.1) is 6.92 Å². The fraction of sp³-hybridized carbons (Fsp3) is 0.167. The number of ether oxygens (including phenoxy) is 1. The molecular weight excluding hydrogens is 292 g/mol. The molecule has 0 aliphatic heterocycles. The van der Waals surface area contributed by atoms with Crippen LogP contribution in [-0.2, 0) is 22.7 Å². The lowest BCUT2D eigenvalue weighted by Crippen LogP contribution is -2.25. The molecular formula is C18H16N2O3. The zero-order valence-electron chi connectivity index (χ0n) is 12.7. The smallest absolute Gasteiger partial charge is 0.326 e. The summed E-state index contributed by atoms with van der Waals surface area (Å²) >= 11 is 0. The van der Waals surface area contributed by atoms with Crippen molar-refractivity contribution in [1.82, 2.24) is 9.55 Å². The molecule has 0 atom stereocenters. The van der Waals surface area contributed by atoms with E-state index in [2.05, 4.69) is 4.98 Å². The first-order valence-corrected chi connectivity index (χ1v) is 7.29. The highest BCUT2D eigenvalue weighted by Gasteiger charge is 2.09. The molecule has 0 saturated heterocycles. The topological polar surface area (TPSA) is 61.2 Å². The van der Waals surface area contributed by atoms with Gasteiger partial charge in [-0.1, -0.05) is 42.0 Å². The fourth-order valence-electron chi connectivity index (χ4n) is 2.25. The van der Waals surface area contributed by atoms with E-state index in [0.717, 1.165) is 11.1 Å². The predicted octanol–water partition coefficient (Wildman–Crippen LogP) is 2.45. The summed E-state index contributed by atoms with van der Waals surface area (Å²) in [5.41, 5.74) is 2.42. The van der Waals surface area contributed by atoms with Crippen LogP contribution in [0.2, 0.25) is 0 Å². The van der Waals surface area contributed by atoms with Crippen molar-refractivity contribution in [3.05, 3.63) is 76.3 Å². The number of nitrogens with zero attached hydrogens (tertiary/aromatic N) is 2. The molecule has 5 nitrogen and oxygen atoms in total. The van der Waals surface area contributed by atoms with Gasteiger partial charge in [-0.3, -0.25) is 14.2 Å². The summed E-state index contributed by atoms with van der Waals surface area (Å²) in [6.45, 7) is 2.03. The first-order valence-electron chi connectivity index (χ1n) is 7.29. The second kappa shape index (κ2) is 6.44. The van der Waals surface area contributed by atoms with E-state index in [-0.39, 0.29) is 18.7 Å². The minimum absolute atomic E-state index is 0.150. The number of aryl methyl sites for hydroxylation is 1. The van der Waals surface area contributed by atoms with Crippen LogP contribution in [0.3, 0.4) is 0 Å². The standard InChI is InChI=1S/C18H16N2O3/c1-13-6-8-14(9-7-13)11-23-17(21)10-20-12-19-16-5-3-2-4-15(16)18(20)22/h2-9,12H,10-11H2,1H3. The van der Waals surface area contributed by atoms with Crippen LogP contribution < -0.4 is 5.56 Å². The Kier molecular flexibility index (Phi) is 4.19. The van der Waals surface area contributed by atoms with Crippen LogP contribution in [0.15, 0.2) is 59.7 Å². The van der Waals surface area contributed by atoms with E-state index >= 15 is 0 Å². The zero-order valence-corrected chi connectivity index (χ0v) is 12.7. The van der Waals surface area contributed by atoms with Crippen molar-refractivity contribution < 1.29 is 9.53 Å². The molecule has 0 amide bonds. The van der Waals surface area contributed by atoms with Crippen LogP contribution in [0.25, 0.3) is 10.9 Å². The minimum Gasteiger partial charge on any atom is -0.459 e. The molecule has 116 valence electrons. The molecule has 1 heterocycles. The van der Waals surface area contributed by atoms with E-state index in [9.17, 15) is 9.59 Å². The van der Waals surface area contributed by atoms with E-state index in [0.29, 0.717) is 10.9 Å². The summed E-state index contributed by atoms with van der Waals surface area (Å²) in [5.74, 6) is -0.468. The Morgan fingerprint density at radius 1 is 1.13 bits per heavy atom. The Labute approximate surface area is 133 Å². The van der Waals surface area contributed by atoms with E-state index in [1.807, 2.05) is 37.3 Å². The summed E-state index contributed by atoms with van der Waals surface area (Å²) in [4.78, 5) is 28.4. The molecule has 2 aromatic carbocycles. The van der Waals surface area contributed by atoms with Gasteiger partial charge in [-0.05, 0) is 24.6 Å². The van der Waals surface area contributed by atoms with Crippen molar-refractivity contribution in [3.8, 4) is 0 Å². The number of rotatable bonds is 4. The highest BCUT2D eigenvalue weighted by Crippen LogP contribution is 2.06. The number of benzene rings is 2. The number of esters is 1. The van der Waals surface area contributed by atoms with Crippen molar-refractivity contribution >= 4 is 16.9 Å². The Balaban J connectivity index is 1.69. The van der Waals surface area contributed by atoms with Gasteiger partial charge in [0.2, 0.25) is 0 Å². The number of para-hydroxylation sites is 1. The van der Waals surface area contributed by atoms with Gasteiger partial charge in [0.25, 0.3) is 5.56 Å². The molecule has 0 radical (unpaired) electrons. The monoisotopic (exact) mass is 308 g/mol. The molecule has 3 rings (SSSR count). The average molecular weight is 308 g/mol. The number of fused-ring (bicyclic) bond motifs is 1. The molecule has 0 bridgehead atoms. The lowest BCUT2D eigenvalue weighted by Gasteiger charge is -2.08. The molecule has 0 aliphatic rings. The zero-order chi connectivity index (χ0) is 16.2. The Hall–Kier alpha value is -2.95. The number of carbonyl (C=O) groups is 1. The van der Waals surface area contributed by atoms with Crippen molar-refractivity contribution in [3.63, 3.8) is 0 Å². The maximum absolute atomic E-state index is 12.3. The van der Waals surface area contributed by atoms with Gasteiger partial charge in [0.15, 0.2) is 0 Å².